The molecule has 0 amide bonds. The molecule has 2 atom stereocenters. The molecule has 5 nitrogen and oxygen atoms in total. The van der Waals surface area contributed by atoms with Gasteiger partial charge in [0.1, 0.15) is 0 Å². The minimum atomic E-state index is 0.199. The molecule has 106 valence electrons. The second-order valence-electron chi connectivity index (χ2n) is 5.59. The predicted octanol–water partition coefficient (Wildman–Crippen LogP) is 2.10. The highest BCUT2D eigenvalue weighted by Crippen LogP contribution is 2.23. The Bertz CT molecular complexity index is 591. The number of aromatic amines is 1. The molecule has 2 unspecified atom stereocenters. The van der Waals surface area contributed by atoms with E-state index in [0.29, 0.717) is 0 Å². The van der Waals surface area contributed by atoms with Gasteiger partial charge in [0.15, 0.2) is 5.82 Å². The summed E-state index contributed by atoms with van der Waals surface area (Å²) >= 11 is 0. The van der Waals surface area contributed by atoms with E-state index >= 15 is 0 Å². The maximum atomic E-state index is 6.14. The highest BCUT2D eigenvalue weighted by molar-refractivity contribution is 5.57. The van der Waals surface area contributed by atoms with Crippen LogP contribution in [0, 0.1) is 6.92 Å². The van der Waals surface area contributed by atoms with Crippen LogP contribution in [0.5, 0.6) is 0 Å². The van der Waals surface area contributed by atoms with Crippen molar-refractivity contribution in [1.29, 1.82) is 0 Å². The Morgan fingerprint density at radius 2 is 2.25 bits per heavy atom. The number of rotatable bonds is 2. The number of aryl methyl sites for hydroxylation is 1. The highest BCUT2D eigenvalue weighted by atomic mass is 15.4. The van der Waals surface area contributed by atoms with Crippen molar-refractivity contribution < 1.29 is 0 Å². The molecule has 0 bridgehead atoms. The van der Waals surface area contributed by atoms with E-state index < -0.39 is 0 Å². The summed E-state index contributed by atoms with van der Waals surface area (Å²) in [7, 11) is 0. The molecule has 2 heterocycles. The van der Waals surface area contributed by atoms with Crippen LogP contribution in [0.15, 0.2) is 24.3 Å². The lowest BCUT2D eigenvalue weighted by Crippen LogP contribution is -2.50. The number of nitrogens with two attached hydrogens (primary N) is 1. The first-order chi connectivity index (χ1) is 9.65. The fourth-order valence-electron chi connectivity index (χ4n) is 2.76. The van der Waals surface area contributed by atoms with Crippen molar-refractivity contribution in [2.45, 2.75) is 38.8 Å². The number of benzene rings is 1. The van der Waals surface area contributed by atoms with Crippen LogP contribution in [0.3, 0.4) is 0 Å². The lowest BCUT2D eigenvalue weighted by molar-refractivity contribution is 0.416. The normalized spacial score (nSPS) is 23.1. The first-order valence-corrected chi connectivity index (χ1v) is 7.17. The molecule has 2 aromatic rings. The van der Waals surface area contributed by atoms with Gasteiger partial charge in [0, 0.05) is 24.2 Å². The molecule has 1 fully saturated rings. The van der Waals surface area contributed by atoms with E-state index in [1.165, 1.54) is 5.56 Å². The first kappa shape index (κ1) is 13.1. The lowest BCUT2D eigenvalue weighted by atomic mass is 9.99. The summed E-state index contributed by atoms with van der Waals surface area (Å²) in [5.74, 6) is 1.57. The molecule has 0 aliphatic carbocycles. The topological polar surface area (TPSA) is 70.8 Å². The Hall–Kier alpha value is -1.88. The van der Waals surface area contributed by atoms with Crippen molar-refractivity contribution in [3.05, 3.63) is 29.8 Å². The van der Waals surface area contributed by atoms with Crippen LogP contribution in [-0.2, 0) is 0 Å². The molecule has 0 spiro atoms. The summed E-state index contributed by atoms with van der Waals surface area (Å²) in [4.78, 5) is 6.83. The number of H-pyrrole nitrogens is 1. The van der Waals surface area contributed by atoms with Crippen molar-refractivity contribution in [2.24, 2.45) is 5.73 Å². The maximum absolute atomic E-state index is 6.14. The number of aromatic nitrogens is 3. The lowest BCUT2D eigenvalue weighted by Gasteiger charge is -2.36. The molecule has 3 N–H and O–H groups in total. The van der Waals surface area contributed by atoms with Gasteiger partial charge in [-0.3, -0.25) is 5.10 Å². The predicted molar refractivity (Wildman–Crippen MR) is 80.6 cm³/mol. The van der Waals surface area contributed by atoms with Crippen molar-refractivity contribution in [3.63, 3.8) is 0 Å². The van der Waals surface area contributed by atoms with Gasteiger partial charge in [-0.15, -0.1) is 5.10 Å². The Kier molecular flexibility index (Phi) is 3.44. The van der Waals surface area contributed by atoms with E-state index in [-0.39, 0.29) is 12.1 Å². The van der Waals surface area contributed by atoms with Gasteiger partial charge in [0.25, 0.3) is 0 Å². The third-order valence-corrected chi connectivity index (χ3v) is 4.07. The number of hydrogen-bond donors (Lipinski definition) is 2. The summed E-state index contributed by atoms with van der Waals surface area (Å²) in [5.41, 5.74) is 8.42. The Labute approximate surface area is 119 Å². The number of piperidine rings is 1. The summed E-state index contributed by atoms with van der Waals surface area (Å²) in [5, 5.41) is 7.40. The second kappa shape index (κ2) is 5.25. The van der Waals surface area contributed by atoms with Crippen LogP contribution in [0.25, 0.3) is 11.4 Å². The van der Waals surface area contributed by atoms with Gasteiger partial charge in [-0.25, -0.2) is 0 Å². The monoisotopic (exact) mass is 271 g/mol. The van der Waals surface area contributed by atoms with E-state index in [1.54, 1.807) is 0 Å². The van der Waals surface area contributed by atoms with Gasteiger partial charge in [0.2, 0.25) is 5.95 Å². The molecule has 1 aliphatic heterocycles. The molecule has 1 aromatic heterocycles. The van der Waals surface area contributed by atoms with Crippen LogP contribution >= 0.6 is 0 Å². The van der Waals surface area contributed by atoms with Gasteiger partial charge < -0.3 is 10.6 Å². The third kappa shape index (κ3) is 2.41. The fourth-order valence-corrected chi connectivity index (χ4v) is 2.76. The van der Waals surface area contributed by atoms with Crippen molar-refractivity contribution in [1.82, 2.24) is 15.2 Å². The van der Waals surface area contributed by atoms with Crippen molar-refractivity contribution in [3.8, 4) is 11.4 Å². The van der Waals surface area contributed by atoms with E-state index in [4.69, 9.17) is 5.73 Å². The van der Waals surface area contributed by atoms with Gasteiger partial charge in [-0.1, -0.05) is 23.8 Å². The number of nitrogens with one attached hydrogen (secondary N) is 1. The Morgan fingerprint density at radius 1 is 1.40 bits per heavy atom. The van der Waals surface area contributed by atoms with Crippen molar-refractivity contribution in [2.75, 3.05) is 11.4 Å². The largest absolute Gasteiger partial charge is 0.335 e. The molecular formula is C15H21N5. The zero-order chi connectivity index (χ0) is 14.1. The molecule has 5 heteroatoms. The van der Waals surface area contributed by atoms with Crippen LogP contribution in [0.4, 0.5) is 5.95 Å². The van der Waals surface area contributed by atoms with E-state index in [0.717, 1.165) is 36.7 Å². The molecular weight excluding hydrogens is 250 g/mol. The molecule has 3 rings (SSSR count). The Balaban J connectivity index is 1.86. The zero-order valence-electron chi connectivity index (χ0n) is 12.0. The van der Waals surface area contributed by atoms with E-state index in [1.807, 2.05) is 12.1 Å². The first-order valence-electron chi connectivity index (χ1n) is 7.17. The molecule has 1 aromatic carbocycles. The quantitative estimate of drug-likeness (QED) is 0.877. The van der Waals surface area contributed by atoms with Crippen LogP contribution in [0.2, 0.25) is 0 Å². The SMILES string of the molecule is Cc1cccc(-c2nc(N3CCCC(N)C3C)n[nH]2)c1. The summed E-state index contributed by atoms with van der Waals surface area (Å²) in [6.07, 6.45) is 2.17. The molecule has 1 saturated heterocycles. The fraction of sp³-hybridized carbons (Fsp3) is 0.467. The standard InChI is InChI=1S/C15H21N5/c1-10-5-3-6-12(9-10)14-17-15(19-18-14)20-8-4-7-13(16)11(20)2/h3,5-6,9,11,13H,4,7-8,16H2,1-2H3,(H,17,18,19). The minimum absolute atomic E-state index is 0.199. The molecule has 20 heavy (non-hydrogen) atoms. The third-order valence-electron chi connectivity index (χ3n) is 4.07. The summed E-state index contributed by atoms with van der Waals surface area (Å²) < 4.78 is 0. The van der Waals surface area contributed by atoms with Crippen LogP contribution in [0.1, 0.15) is 25.3 Å². The van der Waals surface area contributed by atoms with Crippen molar-refractivity contribution >= 4 is 5.95 Å². The summed E-state index contributed by atoms with van der Waals surface area (Å²) in [6, 6.07) is 8.74. The van der Waals surface area contributed by atoms with Gasteiger partial charge in [0.05, 0.1) is 0 Å². The zero-order valence-corrected chi connectivity index (χ0v) is 12.0. The average Bonchev–Trinajstić information content (AvgIpc) is 2.91. The number of hydrogen-bond acceptors (Lipinski definition) is 4. The van der Waals surface area contributed by atoms with E-state index in [2.05, 4.69) is 46.1 Å². The average molecular weight is 271 g/mol. The van der Waals surface area contributed by atoms with Gasteiger partial charge >= 0.3 is 0 Å². The summed E-state index contributed by atoms with van der Waals surface area (Å²) in [6.45, 7) is 5.19. The number of nitrogens with zero attached hydrogens (tertiary/aromatic N) is 3. The highest BCUT2D eigenvalue weighted by Gasteiger charge is 2.27. The van der Waals surface area contributed by atoms with Gasteiger partial charge in [-0.05, 0) is 32.8 Å². The minimum Gasteiger partial charge on any atom is -0.335 e. The molecule has 0 radical (unpaired) electrons. The number of anilines is 1. The second-order valence-corrected chi connectivity index (χ2v) is 5.59. The van der Waals surface area contributed by atoms with Crippen LogP contribution < -0.4 is 10.6 Å². The van der Waals surface area contributed by atoms with Gasteiger partial charge in [-0.2, -0.15) is 4.98 Å². The van der Waals surface area contributed by atoms with Crippen LogP contribution in [-0.4, -0.2) is 33.8 Å². The maximum Gasteiger partial charge on any atom is 0.245 e. The smallest absolute Gasteiger partial charge is 0.245 e. The Morgan fingerprint density at radius 3 is 3.05 bits per heavy atom. The molecule has 0 saturated carbocycles. The van der Waals surface area contributed by atoms with E-state index in [9.17, 15) is 0 Å². The molecule has 1 aliphatic rings.